The summed E-state index contributed by atoms with van der Waals surface area (Å²) in [5, 5.41) is 10.9. The van der Waals surface area contributed by atoms with Crippen LogP contribution < -0.4 is 10.6 Å². The first-order valence-electron chi connectivity index (χ1n) is 15.3. The maximum absolute atomic E-state index is 13.3. The predicted molar refractivity (Wildman–Crippen MR) is 175 cm³/mol. The van der Waals surface area contributed by atoms with Crippen molar-refractivity contribution in [1.82, 2.24) is 14.7 Å². The molecule has 2 aliphatic heterocycles. The average Bonchev–Trinajstić information content (AvgIpc) is 3.65. The highest BCUT2D eigenvalue weighted by Gasteiger charge is 2.43. The first-order valence-corrected chi connectivity index (χ1v) is 16.1. The molecule has 2 aromatic heterocycles. The number of fused-ring (bicyclic) bond motifs is 2. The van der Waals surface area contributed by atoms with Crippen molar-refractivity contribution in [2.24, 2.45) is 5.92 Å². The minimum absolute atomic E-state index is 0.164. The number of urea groups is 1. The number of nitrogens with one attached hydrogen (secondary N) is 2. The van der Waals surface area contributed by atoms with Gasteiger partial charge >= 0.3 is 6.03 Å². The van der Waals surface area contributed by atoms with E-state index in [9.17, 15) is 9.59 Å². The molecular weight excluding hydrogens is 554 g/mol. The number of amides is 3. The molecule has 43 heavy (non-hydrogen) atoms. The molecule has 6 rings (SSSR count). The highest BCUT2D eigenvalue weighted by atomic mass is 32.1. The summed E-state index contributed by atoms with van der Waals surface area (Å²) in [4.78, 5) is 30.7. The van der Waals surface area contributed by atoms with Gasteiger partial charge in [-0.15, -0.1) is 11.3 Å². The van der Waals surface area contributed by atoms with Gasteiger partial charge in [0.25, 0.3) is 5.91 Å². The fourth-order valence-corrected chi connectivity index (χ4v) is 7.38. The normalized spacial score (nSPS) is 19.8. The summed E-state index contributed by atoms with van der Waals surface area (Å²) >= 11 is 1.60. The first kappa shape index (κ1) is 29.2. The number of carbonyl (C=O) groups excluding carboxylic acids is 2. The van der Waals surface area contributed by atoms with Gasteiger partial charge in [-0.3, -0.25) is 10.1 Å². The summed E-state index contributed by atoms with van der Waals surface area (Å²) < 4.78 is 1.79. The molecule has 2 aromatic carbocycles. The maximum atomic E-state index is 13.3. The lowest BCUT2D eigenvalue weighted by Crippen LogP contribution is -2.46. The molecule has 224 valence electrons. The zero-order chi connectivity index (χ0) is 30.3. The maximum Gasteiger partial charge on any atom is 0.324 e. The Morgan fingerprint density at radius 1 is 0.930 bits per heavy atom. The van der Waals surface area contributed by atoms with E-state index >= 15 is 0 Å². The molecule has 3 amide bonds. The molecule has 0 spiro atoms. The Morgan fingerprint density at radius 2 is 1.65 bits per heavy atom. The van der Waals surface area contributed by atoms with Crippen LogP contribution in [0.2, 0.25) is 0 Å². The van der Waals surface area contributed by atoms with Crippen molar-refractivity contribution in [2.45, 2.75) is 84.2 Å². The topological polar surface area (TPSA) is 79.3 Å². The smallest absolute Gasteiger partial charge is 0.324 e. The van der Waals surface area contributed by atoms with Crippen molar-refractivity contribution in [3.8, 4) is 5.69 Å². The minimum atomic E-state index is -0.306. The number of aryl methyl sites for hydroxylation is 2. The summed E-state index contributed by atoms with van der Waals surface area (Å²) in [5.41, 5.74) is 4.76. The Bertz CT molecular complexity index is 1620. The molecule has 2 fully saturated rings. The van der Waals surface area contributed by atoms with Crippen LogP contribution in [-0.2, 0) is 11.8 Å². The third-order valence-corrected chi connectivity index (χ3v) is 9.71. The van der Waals surface area contributed by atoms with Crippen LogP contribution in [0.15, 0.2) is 66.7 Å². The molecule has 4 aromatic rings. The molecule has 0 saturated carbocycles. The number of thiophene rings is 1. The molecule has 4 heterocycles. The fraction of sp³-hybridized carbons (Fsp3) is 0.400. The molecule has 7 nitrogen and oxygen atoms in total. The highest BCUT2D eigenvalue weighted by Crippen LogP contribution is 2.41. The number of nitrogens with zero attached hydrogens (tertiary/aromatic N) is 3. The number of hydrogen-bond donors (Lipinski definition) is 2. The lowest BCUT2D eigenvalue weighted by atomic mass is 9.85. The van der Waals surface area contributed by atoms with Gasteiger partial charge < -0.3 is 10.2 Å². The van der Waals surface area contributed by atoms with Crippen LogP contribution in [0.1, 0.15) is 77.8 Å². The minimum Gasteiger partial charge on any atom is -0.332 e. The Hall–Kier alpha value is -3.91. The molecule has 2 atom stereocenters. The molecule has 2 N–H and O–H groups in total. The SMILES string of the molecule is Cc1ccc(-n2nc(C(C)(C)C)cc2NC(=O)Nc2cccc(CC3CC4CCC(C3)N4C(=O)c3ccc(C)s3)c2)cc1. The average molecular weight is 596 g/mol. The zero-order valence-corrected chi connectivity index (χ0v) is 26.5. The second-order valence-electron chi connectivity index (χ2n) is 13.2. The molecular formula is C35H41N5O2S. The van der Waals surface area contributed by atoms with Gasteiger partial charge in [0.15, 0.2) is 0 Å². The van der Waals surface area contributed by atoms with E-state index in [1.807, 2.05) is 54.6 Å². The number of anilines is 2. The van der Waals surface area contributed by atoms with Crippen molar-refractivity contribution < 1.29 is 9.59 Å². The number of benzene rings is 2. The predicted octanol–water partition coefficient (Wildman–Crippen LogP) is 8.12. The third-order valence-electron chi connectivity index (χ3n) is 8.72. The number of rotatable bonds is 6. The summed E-state index contributed by atoms with van der Waals surface area (Å²) in [6.45, 7) is 10.4. The van der Waals surface area contributed by atoms with Gasteiger partial charge in [-0.25, -0.2) is 9.48 Å². The first-order chi connectivity index (χ1) is 20.5. The van der Waals surface area contributed by atoms with Gasteiger partial charge in [-0.2, -0.15) is 5.10 Å². The van der Waals surface area contributed by atoms with Crippen LogP contribution >= 0.6 is 11.3 Å². The van der Waals surface area contributed by atoms with Gasteiger partial charge in [0.05, 0.1) is 16.3 Å². The number of aromatic nitrogens is 2. The number of hydrogen-bond acceptors (Lipinski definition) is 4. The Kier molecular flexibility index (Phi) is 7.90. The van der Waals surface area contributed by atoms with Crippen molar-refractivity contribution >= 4 is 34.8 Å². The summed E-state index contributed by atoms with van der Waals surface area (Å²) in [6, 6.07) is 22.5. The standard InChI is InChI=1S/C35H41N5O2S/c1-22-9-12-27(13-10-22)40-32(21-31(38-40)35(3,4)5)37-34(42)36-26-8-6-7-24(18-26)17-25-19-28-14-15-29(20-25)39(28)33(41)30-16-11-23(2)43-30/h6-13,16,18,21,25,28-29H,14-15,17,19-20H2,1-5H3,(H2,36,37,42). The molecule has 2 saturated heterocycles. The molecule has 2 unspecified atom stereocenters. The second kappa shape index (κ2) is 11.6. The molecule has 8 heteroatoms. The van der Waals surface area contributed by atoms with E-state index in [1.54, 1.807) is 16.0 Å². The lowest BCUT2D eigenvalue weighted by molar-refractivity contribution is 0.0529. The summed E-state index contributed by atoms with van der Waals surface area (Å²) in [5.74, 6) is 1.35. The molecule has 0 aliphatic carbocycles. The quantitative estimate of drug-likeness (QED) is 0.236. The van der Waals surface area contributed by atoms with Crippen molar-refractivity contribution in [3.63, 3.8) is 0 Å². The highest BCUT2D eigenvalue weighted by molar-refractivity contribution is 7.13. The number of piperidine rings is 1. The number of carbonyl (C=O) groups is 2. The van der Waals surface area contributed by atoms with Crippen LogP contribution in [-0.4, -0.2) is 38.7 Å². The molecule has 2 bridgehead atoms. The monoisotopic (exact) mass is 595 g/mol. The van der Waals surface area contributed by atoms with E-state index in [2.05, 4.69) is 62.3 Å². The van der Waals surface area contributed by atoms with E-state index < -0.39 is 0 Å². The Labute approximate surface area is 258 Å². The van der Waals surface area contributed by atoms with Crippen molar-refractivity contribution in [3.05, 3.63) is 93.3 Å². The van der Waals surface area contributed by atoms with Gasteiger partial charge in [-0.05, 0) is 93.8 Å². The van der Waals surface area contributed by atoms with Crippen LogP contribution in [0, 0.1) is 19.8 Å². The third kappa shape index (κ3) is 6.39. The van der Waals surface area contributed by atoms with Gasteiger partial charge in [0.1, 0.15) is 5.82 Å². The largest absolute Gasteiger partial charge is 0.332 e. The Morgan fingerprint density at radius 3 is 2.30 bits per heavy atom. The summed E-state index contributed by atoms with van der Waals surface area (Å²) in [6.07, 6.45) is 5.19. The van der Waals surface area contributed by atoms with Crippen molar-refractivity contribution in [2.75, 3.05) is 10.6 Å². The van der Waals surface area contributed by atoms with Crippen molar-refractivity contribution in [1.29, 1.82) is 0 Å². The van der Waals surface area contributed by atoms with Crippen LogP contribution in [0.3, 0.4) is 0 Å². The van der Waals surface area contributed by atoms with E-state index in [1.165, 1.54) is 16.0 Å². The summed E-state index contributed by atoms with van der Waals surface area (Å²) in [7, 11) is 0. The van der Waals surface area contributed by atoms with Crippen LogP contribution in [0.4, 0.5) is 16.3 Å². The van der Waals surface area contributed by atoms with Crippen LogP contribution in [0.5, 0.6) is 0 Å². The fourth-order valence-electron chi connectivity index (χ4n) is 6.57. The second-order valence-corrected chi connectivity index (χ2v) is 14.5. The van der Waals surface area contributed by atoms with E-state index in [-0.39, 0.29) is 17.4 Å². The Balaban J connectivity index is 1.11. The van der Waals surface area contributed by atoms with E-state index in [4.69, 9.17) is 5.10 Å². The van der Waals surface area contributed by atoms with Crippen LogP contribution in [0.25, 0.3) is 5.69 Å². The zero-order valence-electron chi connectivity index (χ0n) is 25.7. The van der Waals surface area contributed by atoms with Gasteiger partial charge in [0, 0.05) is 34.1 Å². The molecule has 2 aliphatic rings. The molecule has 0 radical (unpaired) electrons. The van der Waals surface area contributed by atoms with Gasteiger partial charge in [-0.1, -0.05) is 50.6 Å². The van der Waals surface area contributed by atoms with E-state index in [0.717, 1.165) is 54.0 Å². The van der Waals surface area contributed by atoms with E-state index in [0.29, 0.717) is 23.8 Å². The lowest BCUT2D eigenvalue weighted by Gasteiger charge is -2.39. The van der Waals surface area contributed by atoms with Gasteiger partial charge in [0.2, 0.25) is 0 Å².